The van der Waals surface area contributed by atoms with E-state index < -0.39 is 15.9 Å². The van der Waals surface area contributed by atoms with E-state index in [0.717, 1.165) is 5.56 Å². The summed E-state index contributed by atoms with van der Waals surface area (Å²) in [5.74, 6) is -0.172. The van der Waals surface area contributed by atoms with Gasteiger partial charge in [-0.3, -0.25) is 4.90 Å². The van der Waals surface area contributed by atoms with Crippen LogP contribution in [0.4, 0.5) is 10.5 Å². The Hall–Kier alpha value is -1.93. The van der Waals surface area contributed by atoms with Crippen molar-refractivity contribution in [2.24, 2.45) is 0 Å². The minimum absolute atomic E-state index is 0.0427. The number of halogens is 1. The van der Waals surface area contributed by atoms with Crippen molar-refractivity contribution in [1.29, 1.82) is 0 Å². The second kappa shape index (κ2) is 6.29. The summed E-state index contributed by atoms with van der Waals surface area (Å²) in [5, 5.41) is -0.0939. The van der Waals surface area contributed by atoms with E-state index in [9.17, 15) is 13.2 Å². The van der Waals surface area contributed by atoms with Crippen LogP contribution in [0, 0.1) is 0 Å². The van der Waals surface area contributed by atoms with Gasteiger partial charge in [0.05, 0.1) is 11.4 Å². The lowest BCUT2D eigenvalue weighted by Gasteiger charge is -2.27. The number of carbonyl (C=O) groups is 1. The fourth-order valence-electron chi connectivity index (χ4n) is 2.26. The van der Waals surface area contributed by atoms with Crippen LogP contribution in [0.5, 0.6) is 0 Å². The van der Waals surface area contributed by atoms with Gasteiger partial charge in [-0.2, -0.15) is 0 Å². The van der Waals surface area contributed by atoms with Gasteiger partial charge in [-0.15, -0.1) is 0 Å². The Morgan fingerprint density at radius 1 is 1.30 bits per heavy atom. The molecule has 0 aliphatic carbocycles. The first kappa shape index (κ1) is 15.9. The minimum atomic E-state index is -3.47. The van der Waals surface area contributed by atoms with E-state index in [4.69, 9.17) is 4.74 Å². The second-order valence-electron chi connectivity index (χ2n) is 4.99. The molecule has 2 heterocycles. The van der Waals surface area contributed by atoms with E-state index in [1.807, 2.05) is 30.3 Å². The Balaban J connectivity index is 1.83. The molecule has 0 unspecified atom stereocenters. The summed E-state index contributed by atoms with van der Waals surface area (Å²) in [6.07, 6.45) is 0.805. The molecule has 2 aromatic rings. The Morgan fingerprint density at radius 3 is 2.78 bits per heavy atom. The number of ether oxygens (including phenoxy) is 1. The SMILES string of the molecule is O=C(OCc1ccccc1)N1CCS(=O)(=O)c2ncc(Br)cc21. The van der Waals surface area contributed by atoms with Crippen molar-refractivity contribution in [3.63, 3.8) is 0 Å². The molecule has 0 atom stereocenters. The lowest BCUT2D eigenvalue weighted by Crippen LogP contribution is -2.40. The average Bonchev–Trinajstić information content (AvgIpc) is 2.53. The maximum atomic E-state index is 12.3. The predicted molar refractivity (Wildman–Crippen MR) is 88.0 cm³/mol. The summed E-state index contributed by atoms with van der Waals surface area (Å²) < 4.78 is 30.0. The van der Waals surface area contributed by atoms with Gasteiger partial charge in [0.15, 0.2) is 14.9 Å². The van der Waals surface area contributed by atoms with E-state index >= 15 is 0 Å². The lowest BCUT2D eigenvalue weighted by molar-refractivity contribution is 0.147. The maximum absolute atomic E-state index is 12.3. The molecular weight excluding hydrogens is 384 g/mol. The Labute approximate surface area is 142 Å². The number of amides is 1. The molecule has 0 N–H and O–H groups in total. The van der Waals surface area contributed by atoms with Crippen molar-refractivity contribution < 1.29 is 17.9 Å². The number of pyridine rings is 1. The van der Waals surface area contributed by atoms with Crippen LogP contribution in [0.3, 0.4) is 0 Å². The van der Waals surface area contributed by atoms with E-state index in [1.54, 1.807) is 6.07 Å². The van der Waals surface area contributed by atoms with Gasteiger partial charge in [0.1, 0.15) is 6.61 Å². The number of sulfone groups is 1. The molecule has 8 heteroatoms. The van der Waals surface area contributed by atoms with Crippen LogP contribution in [0.2, 0.25) is 0 Å². The largest absolute Gasteiger partial charge is 0.444 e. The van der Waals surface area contributed by atoms with Gasteiger partial charge < -0.3 is 4.74 Å². The average molecular weight is 397 g/mol. The third-order valence-electron chi connectivity index (χ3n) is 3.39. The van der Waals surface area contributed by atoms with Crippen LogP contribution in [0.15, 0.2) is 52.1 Å². The summed E-state index contributed by atoms with van der Waals surface area (Å²) in [4.78, 5) is 17.6. The highest BCUT2D eigenvalue weighted by Crippen LogP contribution is 2.31. The molecule has 0 radical (unpaired) electrons. The predicted octanol–water partition coefficient (Wildman–Crippen LogP) is 2.77. The molecule has 23 heavy (non-hydrogen) atoms. The van der Waals surface area contributed by atoms with Crippen molar-refractivity contribution in [2.75, 3.05) is 17.2 Å². The first-order valence-corrected chi connectivity index (χ1v) is 9.28. The molecule has 1 aliphatic heterocycles. The molecule has 3 rings (SSSR count). The number of benzene rings is 1. The highest BCUT2D eigenvalue weighted by molar-refractivity contribution is 9.10. The van der Waals surface area contributed by atoms with Gasteiger partial charge in [-0.1, -0.05) is 30.3 Å². The van der Waals surface area contributed by atoms with Crippen LogP contribution in [-0.4, -0.2) is 31.8 Å². The van der Waals surface area contributed by atoms with Crippen molar-refractivity contribution in [2.45, 2.75) is 11.6 Å². The molecule has 0 spiro atoms. The Bertz CT molecular complexity index is 840. The minimum Gasteiger partial charge on any atom is -0.444 e. The fraction of sp³-hybridized carbons (Fsp3) is 0.200. The highest BCUT2D eigenvalue weighted by Gasteiger charge is 2.34. The Morgan fingerprint density at radius 2 is 2.04 bits per heavy atom. The first-order valence-electron chi connectivity index (χ1n) is 6.84. The highest BCUT2D eigenvalue weighted by atomic mass is 79.9. The molecule has 0 bridgehead atoms. The number of carbonyl (C=O) groups excluding carboxylic acids is 1. The van der Waals surface area contributed by atoms with Gasteiger partial charge in [-0.25, -0.2) is 18.2 Å². The number of aromatic nitrogens is 1. The van der Waals surface area contributed by atoms with Gasteiger partial charge in [0.25, 0.3) is 0 Å². The fourth-order valence-corrected chi connectivity index (χ4v) is 3.90. The van der Waals surface area contributed by atoms with Crippen molar-refractivity contribution in [3.05, 3.63) is 52.6 Å². The van der Waals surface area contributed by atoms with Crippen LogP contribution in [0.25, 0.3) is 0 Å². The normalized spacial score (nSPS) is 15.8. The van der Waals surface area contributed by atoms with E-state index in [-0.39, 0.29) is 29.6 Å². The Kier molecular flexibility index (Phi) is 4.36. The molecule has 0 saturated carbocycles. The number of rotatable bonds is 2. The topological polar surface area (TPSA) is 76.6 Å². The molecule has 6 nitrogen and oxygen atoms in total. The van der Waals surface area contributed by atoms with Gasteiger partial charge in [-0.05, 0) is 27.6 Å². The smallest absolute Gasteiger partial charge is 0.414 e. The molecule has 1 aliphatic rings. The summed E-state index contributed by atoms with van der Waals surface area (Å²) >= 11 is 3.24. The molecular formula is C15H13BrN2O4S. The van der Waals surface area contributed by atoms with Gasteiger partial charge >= 0.3 is 6.09 Å². The molecule has 1 aromatic heterocycles. The standard InChI is InChI=1S/C15H13BrN2O4S/c16-12-8-13-14(17-9-12)23(20,21)7-6-18(13)15(19)22-10-11-4-2-1-3-5-11/h1-5,8-9H,6-7,10H2. The van der Waals surface area contributed by atoms with Crippen LogP contribution < -0.4 is 4.90 Å². The summed E-state index contributed by atoms with van der Waals surface area (Å²) in [5.41, 5.74) is 1.10. The number of fused-ring (bicyclic) bond motifs is 1. The van der Waals surface area contributed by atoms with Gasteiger partial charge in [0, 0.05) is 17.2 Å². The van der Waals surface area contributed by atoms with Crippen molar-refractivity contribution in [3.8, 4) is 0 Å². The van der Waals surface area contributed by atoms with E-state index in [1.165, 1.54) is 11.1 Å². The van der Waals surface area contributed by atoms with Crippen molar-refractivity contribution in [1.82, 2.24) is 4.98 Å². The third-order valence-corrected chi connectivity index (χ3v) is 5.45. The zero-order chi connectivity index (χ0) is 16.4. The van der Waals surface area contributed by atoms with Crippen LogP contribution >= 0.6 is 15.9 Å². The molecule has 1 amide bonds. The van der Waals surface area contributed by atoms with Gasteiger partial charge in [0.2, 0.25) is 0 Å². The third kappa shape index (κ3) is 3.37. The number of hydrogen-bond acceptors (Lipinski definition) is 5. The first-order chi connectivity index (χ1) is 11.0. The van der Waals surface area contributed by atoms with E-state index in [2.05, 4.69) is 20.9 Å². The molecule has 1 aromatic carbocycles. The maximum Gasteiger partial charge on any atom is 0.414 e. The lowest BCUT2D eigenvalue weighted by atomic mass is 10.2. The van der Waals surface area contributed by atoms with Crippen molar-refractivity contribution >= 4 is 37.5 Å². The summed E-state index contributed by atoms with van der Waals surface area (Å²) in [6, 6.07) is 10.8. The summed E-state index contributed by atoms with van der Waals surface area (Å²) in [6.45, 7) is 0.167. The zero-order valence-corrected chi connectivity index (χ0v) is 14.4. The van der Waals surface area contributed by atoms with Crippen LogP contribution in [0.1, 0.15) is 5.56 Å². The number of hydrogen-bond donors (Lipinski definition) is 0. The number of anilines is 1. The molecule has 0 fully saturated rings. The second-order valence-corrected chi connectivity index (χ2v) is 7.93. The van der Waals surface area contributed by atoms with Crippen LogP contribution in [-0.2, 0) is 21.2 Å². The summed E-state index contributed by atoms with van der Waals surface area (Å²) in [7, 11) is -3.47. The monoisotopic (exact) mass is 396 g/mol. The molecule has 0 saturated heterocycles. The molecule has 120 valence electrons. The quantitative estimate of drug-likeness (QED) is 0.779. The number of nitrogens with zero attached hydrogens (tertiary/aromatic N) is 2. The zero-order valence-electron chi connectivity index (χ0n) is 12.0. The van der Waals surface area contributed by atoms with E-state index in [0.29, 0.717) is 4.47 Å².